The van der Waals surface area contributed by atoms with Gasteiger partial charge in [0.05, 0.1) is 24.8 Å². The Morgan fingerprint density at radius 2 is 1.51 bits per heavy atom. The molecular formula is C24H42N2O7Si2. The predicted molar refractivity (Wildman–Crippen MR) is 137 cm³/mol. The summed E-state index contributed by atoms with van der Waals surface area (Å²) in [4.78, 5) is 27.5. The fraction of sp³-hybridized carbons (Fsp3) is 0.833. The maximum atomic E-state index is 13.0. The lowest BCUT2D eigenvalue weighted by Gasteiger charge is -2.51. The molecular weight excluding hydrogens is 484 g/mol. The molecule has 0 saturated carbocycles. The first-order valence-corrected chi connectivity index (χ1v) is 16.8. The molecule has 0 radical (unpaired) electrons. The van der Waals surface area contributed by atoms with Gasteiger partial charge in [0, 0.05) is 6.07 Å². The number of nitrogens with zero attached hydrogens (tertiary/aromatic N) is 1. The molecule has 4 heterocycles. The Labute approximate surface area is 210 Å². The highest BCUT2D eigenvalue weighted by atomic mass is 28.5. The molecule has 1 spiro atoms. The molecule has 0 unspecified atom stereocenters. The Balaban J connectivity index is 1.83. The molecule has 0 aliphatic carbocycles. The van der Waals surface area contributed by atoms with Gasteiger partial charge in [-0.2, -0.15) is 0 Å². The second-order valence-corrected chi connectivity index (χ2v) is 20.8. The van der Waals surface area contributed by atoms with Gasteiger partial charge >= 0.3 is 22.8 Å². The van der Waals surface area contributed by atoms with Crippen LogP contribution in [0.1, 0.15) is 81.4 Å². The number of nitrogens with one attached hydrogen (secondary N) is 1. The smallest absolute Gasteiger partial charge is 0.335 e. The zero-order valence-corrected chi connectivity index (χ0v) is 24.8. The minimum Gasteiger partial charge on any atom is -0.414 e. The molecule has 3 aliphatic rings. The van der Waals surface area contributed by atoms with E-state index in [1.807, 2.05) is 13.8 Å². The molecule has 1 aromatic rings. The Kier molecular flexibility index (Phi) is 6.74. The molecule has 11 heteroatoms. The van der Waals surface area contributed by atoms with Crippen molar-refractivity contribution in [2.45, 2.75) is 122 Å². The first-order chi connectivity index (χ1) is 16.1. The van der Waals surface area contributed by atoms with E-state index in [1.165, 1.54) is 10.6 Å². The number of H-pyrrole nitrogens is 1. The molecule has 3 aliphatic heterocycles. The number of rotatable bonds is 4. The lowest BCUT2D eigenvalue weighted by molar-refractivity contribution is -0.302. The lowest BCUT2D eigenvalue weighted by Crippen LogP contribution is -2.65. The quantitative estimate of drug-likeness (QED) is 0.588. The van der Waals surface area contributed by atoms with Crippen LogP contribution in [-0.4, -0.2) is 45.5 Å². The summed E-state index contributed by atoms with van der Waals surface area (Å²) in [7, 11) is -5.54. The van der Waals surface area contributed by atoms with Crippen LogP contribution in [0.15, 0.2) is 15.7 Å². The molecule has 4 rings (SSSR count). The number of hydrogen-bond acceptors (Lipinski definition) is 7. The van der Waals surface area contributed by atoms with E-state index in [0.29, 0.717) is 18.7 Å². The van der Waals surface area contributed by atoms with Crippen molar-refractivity contribution in [3.63, 3.8) is 0 Å². The van der Waals surface area contributed by atoms with E-state index >= 15 is 0 Å². The lowest BCUT2D eigenvalue weighted by atomic mass is 10.1. The molecule has 0 aromatic carbocycles. The van der Waals surface area contributed by atoms with E-state index in [-0.39, 0.29) is 28.3 Å². The van der Waals surface area contributed by atoms with Gasteiger partial charge in [0.15, 0.2) is 0 Å². The van der Waals surface area contributed by atoms with Crippen LogP contribution in [-0.2, 0) is 34.0 Å². The molecule has 0 bridgehead atoms. The van der Waals surface area contributed by atoms with Crippen molar-refractivity contribution in [1.29, 1.82) is 0 Å². The Morgan fingerprint density at radius 1 is 0.943 bits per heavy atom. The van der Waals surface area contributed by atoms with Crippen LogP contribution in [0.2, 0.25) is 22.2 Å². The zero-order chi connectivity index (χ0) is 26.1. The minimum absolute atomic E-state index is 0.179. The molecule has 9 nitrogen and oxygen atoms in total. The van der Waals surface area contributed by atoms with E-state index in [9.17, 15) is 9.59 Å². The highest BCUT2D eigenvalue weighted by Gasteiger charge is 2.64. The highest BCUT2D eigenvalue weighted by molar-refractivity contribution is 6.83. The molecule has 198 valence electrons. The summed E-state index contributed by atoms with van der Waals surface area (Å²) >= 11 is 0. The van der Waals surface area contributed by atoms with Gasteiger partial charge in [-0.1, -0.05) is 55.4 Å². The fourth-order valence-electron chi connectivity index (χ4n) is 6.15. The number of aromatic amines is 1. The summed E-state index contributed by atoms with van der Waals surface area (Å²) in [6, 6.07) is 1.41. The Morgan fingerprint density at radius 3 is 2.06 bits per heavy atom. The third kappa shape index (κ3) is 4.07. The second kappa shape index (κ2) is 8.74. The van der Waals surface area contributed by atoms with Crippen LogP contribution in [0.5, 0.6) is 0 Å². The van der Waals surface area contributed by atoms with Gasteiger partial charge in [-0.3, -0.25) is 9.78 Å². The van der Waals surface area contributed by atoms with Gasteiger partial charge in [0.2, 0.25) is 0 Å². The Bertz CT molecular complexity index is 1060. The predicted octanol–water partition coefficient (Wildman–Crippen LogP) is 4.16. The molecule has 1 aromatic heterocycles. The maximum Gasteiger partial charge on any atom is 0.335 e. The zero-order valence-electron chi connectivity index (χ0n) is 22.8. The summed E-state index contributed by atoms with van der Waals surface area (Å²) < 4.78 is 35.6. The van der Waals surface area contributed by atoms with Gasteiger partial charge in [-0.25, -0.2) is 9.36 Å². The van der Waals surface area contributed by atoms with E-state index in [4.69, 9.17) is 22.4 Å². The van der Waals surface area contributed by atoms with Gasteiger partial charge in [0.1, 0.15) is 11.7 Å². The number of ether oxygens (including phenoxy) is 2. The highest BCUT2D eigenvalue weighted by Crippen LogP contribution is 2.52. The van der Waals surface area contributed by atoms with Crippen LogP contribution < -0.4 is 11.2 Å². The molecule has 2 saturated heterocycles. The van der Waals surface area contributed by atoms with Gasteiger partial charge < -0.3 is 22.4 Å². The molecule has 3 atom stereocenters. The monoisotopic (exact) mass is 526 g/mol. The minimum atomic E-state index is -2.83. The second-order valence-electron chi connectivity index (χ2n) is 12.0. The third-order valence-electron chi connectivity index (χ3n) is 7.87. The van der Waals surface area contributed by atoms with Crippen molar-refractivity contribution in [1.82, 2.24) is 9.55 Å². The standard InChI is InChI=1S/C24H42N2O7Si2/c1-14(2)34(15(3)4)29-13-19-18(31-35(33-34,16(5)6)17(7)8)12-24(30-19)26-20(23(9,10)32-24)11-21(27)25-22(26)28/h11,14-19H,12-13H2,1-10H3,(H,25,27,28)/t18-,19+,24+/m0/s1. The number of hydrogen-bond donors (Lipinski definition) is 1. The van der Waals surface area contributed by atoms with Crippen molar-refractivity contribution < 1.29 is 22.4 Å². The summed E-state index contributed by atoms with van der Waals surface area (Å²) in [6.45, 7) is 21.4. The van der Waals surface area contributed by atoms with Gasteiger partial charge in [0.25, 0.3) is 11.5 Å². The summed E-state index contributed by atoms with van der Waals surface area (Å²) in [6.07, 6.45) is -0.509. The topological polar surface area (TPSA) is 101 Å². The average Bonchev–Trinajstić information content (AvgIpc) is 3.13. The summed E-state index contributed by atoms with van der Waals surface area (Å²) in [5.41, 5.74) is -0.604. The van der Waals surface area contributed by atoms with E-state index in [2.05, 4.69) is 60.4 Å². The Hall–Kier alpha value is -1.09. The van der Waals surface area contributed by atoms with Crippen molar-refractivity contribution in [3.8, 4) is 0 Å². The summed E-state index contributed by atoms with van der Waals surface area (Å²) in [5, 5.41) is 0. The third-order valence-corrected chi connectivity index (χ3v) is 18.1. The largest absolute Gasteiger partial charge is 0.414 e. The molecule has 2 fully saturated rings. The molecule has 35 heavy (non-hydrogen) atoms. The van der Waals surface area contributed by atoms with Crippen molar-refractivity contribution in [2.75, 3.05) is 6.61 Å². The van der Waals surface area contributed by atoms with Crippen LogP contribution >= 0.6 is 0 Å². The van der Waals surface area contributed by atoms with Crippen LogP contribution in [0.4, 0.5) is 0 Å². The van der Waals surface area contributed by atoms with E-state index in [0.717, 1.165) is 0 Å². The summed E-state index contributed by atoms with van der Waals surface area (Å²) in [5.74, 6) is -1.38. The van der Waals surface area contributed by atoms with E-state index < -0.39 is 46.0 Å². The maximum absolute atomic E-state index is 13.0. The number of aromatic nitrogens is 2. The molecule has 1 N–H and O–H groups in total. The van der Waals surface area contributed by atoms with Crippen LogP contribution in [0, 0.1) is 0 Å². The van der Waals surface area contributed by atoms with Gasteiger partial charge in [-0.05, 0) is 36.0 Å². The van der Waals surface area contributed by atoms with Crippen LogP contribution in [0.25, 0.3) is 0 Å². The van der Waals surface area contributed by atoms with Crippen molar-refractivity contribution >= 4 is 17.1 Å². The van der Waals surface area contributed by atoms with E-state index in [1.54, 1.807) is 0 Å². The van der Waals surface area contributed by atoms with Crippen molar-refractivity contribution in [3.05, 3.63) is 32.6 Å². The first-order valence-electron chi connectivity index (χ1n) is 12.9. The average molecular weight is 527 g/mol. The van der Waals surface area contributed by atoms with Gasteiger partial charge in [-0.15, -0.1) is 0 Å². The van der Waals surface area contributed by atoms with Crippen molar-refractivity contribution in [2.24, 2.45) is 0 Å². The number of fused-ring (bicyclic) bond motifs is 3. The SMILES string of the molecule is CC(C)[Si]1(C(C)C)OC[C@H]2O[C@]3(C[C@@H]2O[Si](C(C)C)(C(C)C)O1)OC(C)(C)c1cc(=O)[nH]c(=O)n13. The normalized spacial score (nSPS) is 31.3. The first kappa shape index (κ1) is 27.0. The fourth-order valence-corrected chi connectivity index (χ4v) is 17.4. The van der Waals surface area contributed by atoms with Crippen LogP contribution in [0.3, 0.4) is 0 Å². The molecule has 0 amide bonds.